The third-order valence-electron chi connectivity index (χ3n) is 6.72. The molecule has 0 aliphatic heterocycles. The van der Waals surface area contributed by atoms with Crippen LogP contribution in [0.3, 0.4) is 0 Å². The molecular formula is C24H34OSi. The van der Waals surface area contributed by atoms with Crippen molar-refractivity contribution in [3.8, 4) is 0 Å². The maximum atomic E-state index is 12.8. The molecule has 3 unspecified atom stereocenters. The van der Waals surface area contributed by atoms with E-state index in [9.17, 15) is 4.80 Å². The van der Waals surface area contributed by atoms with Crippen molar-refractivity contribution in [2.75, 3.05) is 0 Å². The maximum absolute atomic E-state index is 12.8. The Balaban J connectivity index is 2.20. The lowest BCUT2D eigenvalue weighted by atomic mass is 9.83. The van der Waals surface area contributed by atoms with Crippen molar-refractivity contribution in [2.45, 2.75) is 58.2 Å². The zero-order valence-corrected chi connectivity index (χ0v) is 18.1. The van der Waals surface area contributed by atoms with Gasteiger partial charge >= 0.3 is 0 Å². The number of rotatable bonds is 3. The first-order valence-electron chi connectivity index (χ1n) is 9.82. The highest BCUT2D eigenvalue weighted by molar-refractivity contribution is 6.79. The standard InChI is InChI=1S/C24H34OSi/c1-22(2)16-10-7-13-19(22)26(25,20-14-8-11-17-23(20,3)4)21-15-9-12-18-24(21,5)6/h7-21,25H,1-6H3. The Morgan fingerprint density at radius 1 is 0.538 bits per heavy atom. The molecule has 26 heavy (non-hydrogen) atoms. The lowest BCUT2D eigenvalue weighted by Crippen LogP contribution is -2.58. The molecule has 0 radical (unpaired) electrons. The van der Waals surface area contributed by atoms with E-state index in [1.807, 2.05) is 0 Å². The first kappa shape index (κ1) is 19.4. The Kier molecular flexibility index (Phi) is 4.73. The highest BCUT2D eigenvalue weighted by atomic mass is 28.4. The molecule has 0 aromatic rings. The maximum Gasteiger partial charge on any atom is 0.211 e. The molecule has 0 aromatic heterocycles. The lowest BCUT2D eigenvalue weighted by Gasteiger charge is -2.55. The minimum atomic E-state index is -2.87. The van der Waals surface area contributed by atoms with Crippen molar-refractivity contribution < 1.29 is 4.80 Å². The van der Waals surface area contributed by atoms with Gasteiger partial charge in [0.2, 0.25) is 8.32 Å². The molecule has 3 atom stereocenters. The van der Waals surface area contributed by atoms with Crippen LogP contribution in [0, 0.1) is 16.2 Å². The van der Waals surface area contributed by atoms with Crippen molar-refractivity contribution in [1.29, 1.82) is 0 Å². The summed E-state index contributed by atoms with van der Waals surface area (Å²) >= 11 is 0. The van der Waals surface area contributed by atoms with E-state index in [4.69, 9.17) is 0 Å². The Morgan fingerprint density at radius 2 is 0.808 bits per heavy atom. The second-order valence-corrected chi connectivity index (χ2v) is 13.7. The van der Waals surface area contributed by atoms with Crippen molar-refractivity contribution in [1.82, 2.24) is 0 Å². The summed E-state index contributed by atoms with van der Waals surface area (Å²) in [5.41, 5.74) is 0.353. The molecule has 0 bridgehead atoms. The Labute approximate surface area is 160 Å². The first-order chi connectivity index (χ1) is 12.0. The van der Waals surface area contributed by atoms with Crippen LogP contribution in [0.25, 0.3) is 0 Å². The average Bonchev–Trinajstić information content (AvgIpc) is 2.53. The van der Waals surface area contributed by atoms with Crippen LogP contribution in [0.2, 0.25) is 16.6 Å². The van der Waals surface area contributed by atoms with E-state index in [2.05, 4.69) is 114 Å². The van der Waals surface area contributed by atoms with E-state index in [1.54, 1.807) is 0 Å². The Bertz CT molecular complexity index is 629. The monoisotopic (exact) mass is 366 g/mol. The number of hydrogen-bond acceptors (Lipinski definition) is 1. The van der Waals surface area contributed by atoms with Crippen LogP contribution in [0.4, 0.5) is 0 Å². The summed E-state index contributed by atoms with van der Waals surface area (Å²) in [6, 6.07) is 0. The van der Waals surface area contributed by atoms with Crippen molar-refractivity contribution in [3.63, 3.8) is 0 Å². The largest absolute Gasteiger partial charge is 0.430 e. The summed E-state index contributed by atoms with van der Waals surface area (Å²) in [4.78, 5) is 12.8. The molecule has 0 saturated heterocycles. The summed E-state index contributed by atoms with van der Waals surface area (Å²) in [5, 5.41) is 0. The van der Waals surface area contributed by atoms with Gasteiger partial charge in [-0.25, -0.2) is 0 Å². The smallest absolute Gasteiger partial charge is 0.211 e. The normalized spacial score (nSPS) is 35.4. The Hall–Kier alpha value is -1.38. The average molecular weight is 367 g/mol. The van der Waals surface area contributed by atoms with Crippen molar-refractivity contribution in [2.24, 2.45) is 16.2 Å². The number of hydrogen-bond donors (Lipinski definition) is 1. The fourth-order valence-corrected chi connectivity index (χ4v) is 11.6. The molecule has 3 aliphatic rings. The fourth-order valence-electron chi connectivity index (χ4n) is 5.32. The molecule has 0 heterocycles. The van der Waals surface area contributed by atoms with Crippen molar-refractivity contribution >= 4 is 8.32 Å². The lowest BCUT2D eigenvalue weighted by molar-refractivity contribution is 0.323. The topological polar surface area (TPSA) is 20.2 Å². The van der Waals surface area contributed by atoms with Gasteiger partial charge in [-0.1, -0.05) is 114 Å². The molecule has 1 nitrogen and oxygen atoms in total. The van der Waals surface area contributed by atoms with E-state index in [1.165, 1.54) is 0 Å². The second kappa shape index (κ2) is 6.35. The summed E-state index contributed by atoms with van der Waals surface area (Å²) in [7, 11) is -2.87. The van der Waals surface area contributed by atoms with Crippen LogP contribution in [0.5, 0.6) is 0 Å². The first-order valence-corrected chi connectivity index (χ1v) is 12.0. The molecule has 2 heteroatoms. The third kappa shape index (κ3) is 3.08. The molecular weight excluding hydrogens is 332 g/mol. The van der Waals surface area contributed by atoms with Gasteiger partial charge in [0.1, 0.15) is 0 Å². The van der Waals surface area contributed by atoms with E-state index >= 15 is 0 Å². The quantitative estimate of drug-likeness (QED) is 0.566. The van der Waals surface area contributed by atoms with Gasteiger partial charge in [0, 0.05) is 16.6 Å². The van der Waals surface area contributed by atoms with Crippen molar-refractivity contribution in [3.05, 3.63) is 72.9 Å². The van der Waals surface area contributed by atoms with Gasteiger partial charge in [-0.15, -0.1) is 0 Å². The Morgan fingerprint density at radius 3 is 1.04 bits per heavy atom. The zero-order valence-electron chi connectivity index (χ0n) is 17.1. The van der Waals surface area contributed by atoms with Gasteiger partial charge in [0.15, 0.2) is 0 Å². The van der Waals surface area contributed by atoms with Crippen LogP contribution in [-0.4, -0.2) is 13.1 Å². The van der Waals surface area contributed by atoms with Gasteiger partial charge in [-0.05, 0) is 16.2 Å². The predicted molar refractivity (Wildman–Crippen MR) is 115 cm³/mol. The summed E-state index contributed by atoms with van der Waals surface area (Å²) in [6.45, 7) is 13.7. The fraction of sp³-hybridized carbons (Fsp3) is 0.500. The van der Waals surface area contributed by atoms with Crippen LogP contribution in [0.1, 0.15) is 41.5 Å². The predicted octanol–water partition coefficient (Wildman–Crippen LogP) is 6.49. The van der Waals surface area contributed by atoms with E-state index in [-0.39, 0.29) is 32.9 Å². The van der Waals surface area contributed by atoms with Gasteiger partial charge in [-0.3, -0.25) is 0 Å². The van der Waals surface area contributed by atoms with Gasteiger partial charge in [0.05, 0.1) is 0 Å². The highest BCUT2D eigenvalue weighted by Gasteiger charge is 2.60. The van der Waals surface area contributed by atoms with Gasteiger partial charge in [0.25, 0.3) is 0 Å². The molecule has 0 saturated carbocycles. The molecule has 0 aromatic carbocycles. The van der Waals surface area contributed by atoms with Gasteiger partial charge < -0.3 is 4.80 Å². The molecule has 140 valence electrons. The third-order valence-corrected chi connectivity index (χ3v) is 12.5. The van der Waals surface area contributed by atoms with Crippen LogP contribution in [0.15, 0.2) is 72.9 Å². The zero-order chi connectivity index (χ0) is 19.2. The van der Waals surface area contributed by atoms with E-state index in [0.29, 0.717) is 0 Å². The van der Waals surface area contributed by atoms with E-state index in [0.717, 1.165) is 0 Å². The van der Waals surface area contributed by atoms with Crippen LogP contribution in [-0.2, 0) is 0 Å². The minimum Gasteiger partial charge on any atom is -0.430 e. The number of allylic oxidation sites excluding steroid dienone is 12. The molecule has 0 spiro atoms. The molecule has 0 amide bonds. The van der Waals surface area contributed by atoms with Crippen LogP contribution < -0.4 is 0 Å². The molecule has 0 fully saturated rings. The molecule has 1 N–H and O–H groups in total. The van der Waals surface area contributed by atoms with Crippen LogP contribution >= 0.6 is 0 Å². The van der Waals surface area contributed by atoms with E-state index < -0.39 is 8.32 Å². The minimum absolute atomic E-state index is 0.0497. The highest BCUT2D eigenvalue weighted by Crippen LogP contribution is 2.61. The summed E-state index contributed by atoms with van der Waals surface area (Å²) < 4.78 is 0. The summed E-state index contributed by atoms with van der Waals surface area (Å²) in [6.07, 6.45) is 26.5. The second-order valence-electron chi connectivity index (χ2n) is 10.0. The SMILES string of the molecule is CC1(C)C=CC=CC1[Si](O)(C1C=CC=CC1(C)C)C1C=CC=CC1(C)C. The summed E-state index contributed by atoms with van der Waals surface area (Å²) in [5.74, 6) is 0. The van der Waals surface area contributed by atoms with Gasteiger partial charge in [-0.2, -0.15) is 0 Å². The molecule has 3 aliphatic carbocycles. The molecule has 3 rings (SSSR count).